The van der Waals surface area contributed by atoms with Crippen LogP contribution in [-0.2, 0) is 0 Å². The van der Waals surface area contributed by atoms with Crippen LogP contribution in [0, 0.1) is 20.8 Å². The topological polar surface area (TPSA) is 21.3 Å². The molecular formula is C18H22BrNO. The summed E-state index contributed by atoms with van der Waals surface area (Å²) < 4.78 is 6.46. The van der Waals surface area contributed by atoms with E-state index in [2.05, 4.69) is 61.1 Å². The summed E-state index contributed by atoms with van der Waals surface area (Å²) in [6.07, 6.45) is 0. The minimum Gasteiger partial charge on any atom is -0.495 e. The smallest absolute Gasteiger partial charge is 0.142 e. The molecule has 112 valence electrons. The maximum atomic E-state index is 5.43. The maximum absolute atomic E-state index is 5.43. The fraction of sp³-hybridized carbons (Fsp3) is 0.333. The first kappa shape index (κ1) is 15.9. The van der Waals surface area contributed by atoms with Crippen molar-refractivity contribution < 1.29 is 4.74 Å². The predicted molar refractivity (Wildman–Crippen MR) is 93.4 cm³/mol. The highest BCUT2D eigenvalue weighted by Gasteiger charge is 2.12. The van der Waals surface area contributed by atoms with E-state index in [1.54, 1.807) is 7.11 Å². The molecule has 2 aromatic rings. The largest absolute Gasteiger partial charge is 0.495 e. The lowest BCUT2D eigenvalue weighted by atomic mass is 9.96. The number of nitrogens with one attached hydrogen (secondary N) is 1. The number of ether oxygens (including phenoxy) is 1. The van der Waals surface area contributed by atoms with E-state index in [1.165, 1.54) is 22.3 Å². The average Bonchev–Trinajstić information content (AvgIpc) is 2.43. The quantitative estimate of drug-likeness (QED) is 0.781. The minimum absolute atomic E-state index is 0.215. The van der Waals surface area contributed by atoms with Crippen LogP contribution < -0.4 is 10.1 Å². The first-order chi connectivity index (χ1) is 9.92. The van der Waals surface area contributed by atoms with Crippen molar-refractivity contribution in [2.24, 2.45) is 0 Å². The van der Waals surface area contributed by atoms with Crippen molar-refractivity contribution in [2.75, 3.05) is 12.4 Å². The van der Waals surface area contributed by atoms with Crippen LogP contribution in [-0.4, -0.2) is 7.11 Å². The molecule has 0 saturated carbocycles. The molecule has 1 atom stereocenters. The van der Waals surface area contributed by atoms with Crippen molar-refractivity contribution in [1.82, 2.24) is 0 Å². The third kappa shape index (κ3) is 3.59. The van der Waals surface area contributed by atoms with Gasteiger partial charge in [-0.3, -0.25) is 0 Å². The molecule has 0 aromatic heterocycles. The molecule has 0 radical (unpaired) electrons. The van der Waals surface area contributed by atoms with Gasteiger partial charge in [-0.05, 0) is 68.1 Å². The van der Waals surface area contributed by atoms with Gasteiger partial charge in [0.1, 0.15) is 5.75 Å². The minimum atomic E-state index is 0.215. The highest BCUT2D eigenvalue weighted by atomic mass is 79.9. The average molecular weight is 348 g/mol. The molecule has 3 heteroatoms. The number of aryl methyl sites for hydroxylation is 3. The Morgan fingerprint density at radius 1 is 1.00 bits per heavy atom. The van der Waals surface area contributed by atoms with E-state index in [-0.39, 0.29) is 6.04 Å². The van der Waals surface area contributed by atoms with Crippen LogP contribution in [0.2, 0.25) is 0 Å². The summed E-state index contributed by atoms with van der Waals surface area (Å²) in [7, 11) is 1.69. The standard InChI is InChI=1S/C18H22BrNO/c1-11-8-13(3)16(9-12(11)2)14(4)20-17-10-15(19)6-7-18(17)21-5/h6-10,14,20H,1-5H3. The zero-order valence-corrected chi connectivity index (χ0v) is 14.8. The van der Waals surface area contributed by atoms with Crippen molar-refractivity contribution in [3.63, 3.8) is 0 Å². The number of hydrogen-bond donors (Lipinski definition) is 1. The van der Waals surface area contributed by atoms with Crippen LogP contribution in [0.15, 0.2) is 34.8 Å². The van der Waals surface area contributed by atoms with E-state index in [1.807, 2.05) is 18.2 Å². The lowest BCUT2D eigenvalue weighted by Gasteiger charge is -2.21. The summed E-state index contributed by atoms with van der Waals surface area (Å²) in [4.78, 5) is 0. The third-order valence-corrected chi connectivity index (χ3v) is 4.38. The molecule has 0 heterocycles. The van der Waals surface area contributed by atoms with E-state index in [0.29, 0.717) is 0 Å². The summed E-state index contributed by atoms with van der Waals surface area (Å²) >= 11 is 3.51. The number of anilines is 1. The molecule has 1 N–H and O–H groups in total. The van der Waals surface area contributed by atoms with Crippen LogP contribution in [0.25, 0.3) is 0 Å². The van der Waals surface area contributed by atoms with Crippen molar-refractivity contribution in [2.45, 2.75) is 33.7 Å². The Balaban J connectivity index is 2.32. The first-order valence-electron chi connectivity index (χ1n) is 7.10. The first-order valence-corrected chi connectivity index (χ1v) is 7.89. The van der Waals surface area contributed by atoms with Crippen molar-refractivity contribution in [3.8, 4) is 5.75 Å². The predicted octanol–water partition coefficient (Wildman–Crippen LogP) is 5.56. The van der Waals surface area contributed by atoms with Gasteiger partial charge in [-0.25, -0.2) is 0 Å². The molecule has 1 unspecified atom stereocenters. The molecule has 0 aliphatic rings. The van der Waals surface area contributed by atoms with Gasteiger partial charge in [0.05, 0.1) is 12.8 Å². The molecule has 2 nitrogen and oxygen atoms in total. The van der Waals surface area contributed by atoms with Crippen LogP contribution in [0.3, 0.4) is 0 Å². The maximum Gasteiger partial charge on any atom is 0.142 e. The summed E-state index contributed by atoms with van der Waals surface area (Å²) in [5.74, 6) is 0.853. The van der Waals surface area contributed by atoms with Crippen molar-refractivity contribution >= 4 is 21.6 Å². The Kier molecular flexibility index (Phi) is 4.94. The van der Waals surface area contributed by atoms with Gasteiger partial charge in [-0.1, -0.05) is 28.1 Å². The zero-order valence-electron chi connectivity index (χ0n) is 13.3. The molecule has 0 bridgehead atoms. The van der Waals surface area contributed by atoms with Gasteiger partial charge in [-0.15, -0.1) is 0 Å². The molecule has 2 rings (SSSR count). The van der Waals surface area contributed by atoms with Crippen LogP contribution >= 0.6 is 15.9 Å². The highest BCUT2D eigenvalue weighted by molar-refractivity contribution is 9.10. The molecule has 0 spiro atoms. The second-order valence-corrected chi connectivity index (χ2v) is 6.42. The summed E-state index contributed by atoms with van der Waals surface area (Å²) in [6.45, 7) is 8.65. The Hall–Kier alpha value is -1.48. The summed E-state index contributed by atoms with van der Waals surface area (Å²) in [6, 6.07) is 10.7. The van der Waals surface area contributed by atoms with Gasteiger partial charge in [0.2, 0.25) is 0 Å². The van der Waals surface area contributed by atoms with Gasteiger partial charge >= 0.3 is 0 Å². The lowest BCUT2D eigenvalue weighted by Crippen LogP contribution is -2.10. The zero-order chi connectivity index (χ0) is 15.6. The Bertz CT molecular complexity index is 652. The Morgan fingerprint density at radius 2 is 1.67 bits per heavy atom. The number of rotatable bonds is 4. The van der Waals surface area contributed by atoms with E-state index < -0.39 is 0 Å². The lowest BCUT2D eigenvalue weighted by molar-refractivity contribution is 0.416. The summed E-state index contributed by atoms with van der Waals surface area (Å²) in [5, 5.41) is 3.55. The fourth-order valence-electron chi connectivity index (χ4n) is 2.55. The van der Waals surface area contributed by atoms with E-state index in [9.17, 15) is 0 Å². The van der Waals surface area contributed by atoms with Gasteiger partial charge < -0.3 is 10.1 Å². The molecule has 21 heavy (non-hydrogen) atoms. The van der Waals surface area contributed by atoms with Gasteiger partial charge in [0.25, 0.3) is 0 Å². The number of hydrogen-bond acceptors (Lipinski definition) is 2. The normalized spacial score (nSPS) is 12.1. The van der Waals surface area contributed by atoms with Gasteiger partial charge in [-0.2, -0.15) is 0 Å². The van der Waals surface area contributed by atoms with Gasteiger partial charge in [0, 0.05) is 10.5 Å². The molecule has 0 saturated heterocycles. The van der Waals surface area contributed by atoms with E-state index in [4.69, 9.17) is 4.74 Å². The number of methoxy groups -OCH3 is 1. The van der Waals surface area contributed by atoms with Gasteiger partial charge in [0.15, 0.2) is 0 Å². The van der Waals surface area contributed by atoms with Crippen LogP contribution in [0.4, 0.5) is 5.69 Å². The molecule has 0 aliphatic carbocycles. The number of benzene rings is 2. The highest BCUT2D eigenvalue weighted by Crippen LogP contribution is 2.32. The molecular weight excluding hydrogens is 326 g/mol. The van der Waals surface area contributed by atoms with Crippen molar-refractivity contribution in [1.29, 1.82) is 0 Å². The molecule has 2 aromatic carbocycles. The van der Waals surface area contributed by atoms with E-state index >= 15 is 0 Å². The van der Waals surface area contributed by atoms with E-state index in [0.717, 1.165) is 15.9 Å². The number of halogens is 1. The second-order valence-electron chi connectivity index (χ2n) is 5.50. The third-order valence-electron chi connectivity index (χ3n) is 3.88. The van der Waals surface area contributed by atoms with Crippen LogP contribution in [0.5, 0.6) is 5.75 Å². The Labute approximate surface area is 135 Å². The Morgan fingerprint density at radius 3 is 2.33 bits per heavy atom. The molecule has 0 aliphatic heterocycles. The molecule has 0 fully saturated rings. The fourth-order valence-corrected chi connectivity index (χ4v) is 2.91. The SMILES string of the molecule is COc1ccc(Br)cc1NC(C)c1cc(C)c(C)cc1C. The van der Waals surface area contributed by atoms with Crippen molar-refractivity contribution in [3.05, 3.63) is 57.1 Å². The monoisotopic (exact) mass is 347 g/mol. The summed E-state index contributed by atoms with van der Waals surface area (Å²) in [5.41, 5.74) is 6.29. The molecule has 0 amide bonds. The van der Waals surface area contributed by atoms with Crippen LogP contribution in [0.1, 0.15) is 35.2 Å². The second kappa shape index (κ2) is 6.52.